The number of carbonyl (C=O) groups excluding carboxylic acids is 2. The molecule has 0 aromatic heterocycles. The van der Waals surface area contributed by atoms with Gasteiger partial charge in [0, 0.05) is 5.92 Å². The summed E-state index contributed by atoms with van der Waals surface area (Å²) in [5.41, 5.74) is 4.96. The third kappa shape index (κ3) is 4.67. The average molecular weight is 422 g/mol. The van der Waals surface area contributed by atoms with E-state index in [0.29, 0.717) is 5.75 Å². The summed E-state index contributed by atoms with van der Waals surface area (Å²) in [7, 11) is 0. The highest BCUT2D eigenvalue weighted by Gasteiger charge is 2.29. The van der Waals surface area contributed by atoms with Gasteiger partial charge in [-0.15, -0.1) is 0 Å². The molecule has 130 valence electrons. The molecule has 2 aromatic carbocycles. The SMILES string of the molecule is O=C(COc1ccc2ccccc2c1Br)NC(=S)NNC(=O)C1CC1. The Morgan fingerprint density at radius 1 is 1.16 bits per heavy atom. The van der Waals surface area contributed by atoms with Crippen LogP contribution in [-0.4, -0.2) is 23.5 Å². The van der Waals surface area contributed by atoms with Crippen molar-refractivity contribution in [3.05, 3.63) is 40.9 Å². The average Bonchev–Trinajstić information content (AvgIpc) is 3.44. The summed E-state index contributed by atoms with van der Waals surface area (Å²) in [4.78, 5) is 23.4. The summed E-state index contributed by atoms with van der Waals surface area (Å²) in [5, 5.41) is 4.55. The molecule has 1 aliphatic rings. The monoisotopic (exact) mass is 421 g/mol. The van der Waals surface area contributed by atoms with Gasteiger partial charge in [-0.1, -0.05) is 30.3 Å². The maximum atomic E-state index is 11.9. The fourth-order valence-electron chi connectivity index (χ4n) is 2.23. The molecule has 2 aromatic rings. The van der Waals surface area contributed by atoms with Gasteiger partial charge >= 0.3 is 0 Å². The van der Waals surface area contributed by atoms with Crippen molar-refractivity contribution in [3.8, 4) is 5.75 Å². The van der Waals surface area contributed by atoms with Gasteiger partial charge in [0.2, 0.25) is 5.91 Å². The van der Waals surface area contributed by atoms with E-state index < -0.39 is 5.91 Å². The smallest absolute Gasteiger partial charge is 0.264 e. The quantitative estimate of drug-likeness (QED) is 0.521. The highest BCUT2D eigenvalue weighted by atomic mass is 79.9. The molecule has 8 heteroatoms. The number of halogens is 1. The lowest BCUT2D eigenvalue weighted by atomic mass is 10.1. The van der Waals surface area contributed by atoms with Crippen LogP contribution in [-0.2, 0) is 9.59 Å². The van der Waals surface area contributed by atoms with Crippen molar-refractivity contribution in [2.45, 2.75) is 12.8 Å². The van der Waals surface area contributed by atoms with Crippen molar-refractivity contribution in [1.29, 1.82) is 0 Å². The fraction of sp³-hybridized carbons (Fsp3) is 0.235. The van der Waals surface area contributed by atoms with Crippen molar-refractivity contribution in [1.82, 2.24) is 16.2 Å². The number of fused-ring (bicyclic) bond motifs is 1. The molecule has 0 heterocycles. The molecule has 1 fully saturated rings. The maximum absolute atomic E-state index is 11.9. The molecule has 1 aliphatic carbocycles. The zero-order chi connectivity index (χ0) is 17.8. The lowest BCUT2D eigenvalue weighted by molar-refractivity contribution is -0.123. The van der Waals surface area contributed by atoms with Gasteiger partial charge < -0.3 is 4.74 Å². The zero-order valence-electron chi connectivity index (χ0n) is 13.2. The van der Waals surface area contributed by atoms with Crippen LogP contribution in [0.1, 0.15) is 12.8 Å². The van der Waals surface area contributed by atoms with Gasteiger partial charge in [-0.25, -0.2) is 0 Å². The molecule has 25 heavy (non-hydrogen) atoms. The van der Waals surface area contributed by atoms with Gasteiger partial charge in [0.15, 0.2) is 11.7 Å². The molecule has 3 N–H and O–H groups in total. The second kappa shape index (κ2) is 7.79. The second-order valence-corrected chi connectivity index (χ2v) is 6.85. The van der Waals surface area contributed by atoms with Crippen LogP contribution in [0, 0.1) is 5.92 Å². The van der Waals surface area contributed by atoms with Gasteiger partial charge in [0.1, 0.15) is 5.75 Å². The van der Waals surface area contributed by atoms with Crippen LogP contribution in [0.5, 0.6) is 5.75 Å². The molecule has 2 amide bonds. The van der Waals surface area contributed by atoms with Gasteiger partial charge in [0.05, 0.1) is 4.47 Å². The van der Waals surface area contributed by atoms with Crippen LogP contribution in [0.15, 0.2) is 40.9 Å². The van der Waals surface area contributed by atoms with E-state index >= 15 is 0 Å². The molecular formula is C17H16BrN3O3S. The number of hydrogen-bond donors (Lipinski definition) is 3. The highest BCUT2D eigenvalue weighted by Crippen LogP contribution is 2.33. The van der Waals surface area contributed by atoms with E-state index in [1.807, 2.05) is 30.3 Å². The molecule has 0 bridgehead atoms. The molecule has 3 rings (SSSR count). The van der Waals surface area contributed by atoms with E-state index in [2.05, 4.69) is 32.1 Å². The lowest BCUT2D eigenvalue weighted by Gasteiger charge is -2.12. The molecule has 0 aliphatic heterocycles. The molecule has 0 spiro atoms. The van der Waals surface area contributed by atoms with E-state index in [1.54, 1.807) is 6.07 Å². The third-order valence-electron chi connectivity index (χ3n) is 3.69. The summed E-state index contributed by atoms with van der Waals surface area (Å²) in [5.74, 6) is 0.0838. The van der Waals surface area contributed by atoms with Crippen molar-refractivity contribution in [2.24, 2.45) is 5.92 Å². The van der Waals surface area contributed by atoms with Crippen LogP contribution in [0.4, 0.5) is 0 Å². The van der Waals surface area contributed by atoms with Crippen molar-refractivity contribution in [3.63, 3.8) is 0 Å². The van der Waals surface area contributed by atoms with Crippen LogP contribution in [0.25, 0.3) is 10.8 Å². The van der Waals surface area contributed by atoms with Crippen LogP contribution < -0.4 is 20.9 Å². The summed E-state index contributed by atoms with van der Waals surface area (Å²) in [6.07, 6.45) is 1.78. The highest BCUT2D eigenvalue weighted by molar-refractivity contribution is 9.10. The molecule has 0 atom stereocenters. The first-order valence-corrected chi connectivity index (χ1v) is 8.94. The number of amides is 2. The Kier molecular flexibility index (Phi) is 5.50. The number of nitrogens with one attached hydrogen (secondary N) is 3. The fourth-order valence-corrected chi connectivity index (χ4v) is 3.00. The van der Waals surface area contributed by atoms with Crippen LogP contribution in [0.3, 0.4) is 0 Å². The summed E-state index contributed by atoms with van der Waals surface area (Å²) >= 11 is 8.45. The van der Waals surface area contributed by atoms with E-state index in [-0.39, 0.29) is 23.5 Å². The molecule has 1 saturated carbocycles. The van der Waals surface area contributed by atoms with E-state index in [9.17, 15) is 9.59 Å². The predicted octanol–water partition coefficient (Wildman–Crippen LogP) is 2.41. The number of ether oxygens (including phenoxy) is 1. The summed E-state index contributed by atoms with van der Waals surface area (Å²) in [6, 6.07) is 11.6. The number of carbonyl (C=O) groups is 2. The molecular weight excluding hydrogens is 406 g/mol. The standard InChI is InChI=1S/C17H16BrN3O3S/c18-15-12-4-2-1-3-10(12)7-8-13(15)24-9-14(22)19-17(25)21-20-16(23)11-5-6-11/h1-4,7-8,11H,5-6,9H2,(H,20,23)(H2,19,21,22,25). The van der Waals surface area contributed by atoms with Gasteiger partial charge in [-0.05, 0) is 57.8 Å². The lowest BCUT2D eigenvalue weighted by Crippen LogP contribution is -2.49. The van der Waals surface area contributed by atoms with Crippen molar-refractivity contribution in [2.75, 3.05) is 6.61 Å². The Balaban J connectivity index is 1.49. The van der Waals surface area contributed by atoms with Crippen molar-refractivity contribution >= 4 is 55.8 Å². The Hall–Kier alpha value is -2.19. The van der Waals surface area contributed by atoms with E-state index in [0.717, 1.165) is 28.1 Å². The predicted molar refractivity (Wildman–Crippen MR) is 102 cm³/mol. The van der Waals surface area contributed by atoms with Gasteiger partial charge in [0.25, 0.3) is 5.91 Å². The summed E-state index contributed by atoms with van der Waals surface area (Å²) < 4.78 is 6.34. The first-order chi connectivity index (χ1) is 12.0. The van der Waals surface area contributed by atoms with Gasteiger partial charge in [-0.2, -0.15) is 0 Å². The minimum Gasteiger partial charge on any atom is -0.483 e. The Labute approximate surface area is 158 Å². The van der Waals surface area contributed by atoms with E-state index in [4.69, 9.17) is 17.0 Å². The molecule has 0 unspecified atom stereocenters. The van der Waals surface area contributed by atoms with Gasteiger partial charge in [-0.3, -0.25) is 25.8 Å². The Morgan fingerprint density at radius 2 is 1.92 bits per heavy atom. The maximum Gasteiger partial charge on any atom is 0.264 e. The van der Waals surface area contributed by atoms with Crippen LogP contribution in [0.2, 0.25) is 0 Å². The topological polar surface area (TPSA) is 79.5 Å². The zero-order valence-corrected chi connectivity index (χ0v) is 15.6. The van der Waals surface area contributed by atoms with Crippen LogP contribution >= 0.6 is 28.1 Å². The minimum absolute atomic E-state index is 0.0279. The normalized spacial score (nSPS) is 13.2. The number of benzene rings is 2. The number of thiocarbonyl (C=S) groups is 1. The number of hydrazine groups is 1. The van der Waals surface area contributed by atoms with E-state index in [1.165, 1.54) is 0 Å². The Morgan fingerprint density at radius 3 is 2.68 bits per heavy atom. The number of rotatable bonds is 4. The van der Waals surface area contributed by atoms with Crippen molar-refractivity contribution < 1.29 is 14.3 Å². The first kappa shape index (κ1) is 17.6. The largest absolute Gasteiger partial charge is 0.483 e. The summed E-state index contributed by atoms with van der Waals surface area (Å²) in [6.45, 7) is -0.199. The minimum atomic E-state index is -0.418. The third-order valence-corrected chi connectivity index (χ3v) is 4.71. The number of hydrogen-bond acceptors (Lipinski definition) is 4. The molecule has 0 radical (unpaired) electrons. The first-order valence-electron chi connectivity index (χ1n) is 7.74. The molecule has 6 nitrogen and oxygen atoms in total. The molecule has 0 saturated heterocycles. The Bertz CT molecular complexity index is 839. The second-order valence-electron chi connectivity index (χ2n) is 5.65.